The van der Waals surface area contributed by atoms with Crippen molar-refractivity contribution in [3.8, 4) is 11.4 Å². The van der Waals surface area contributed by atoms with E-state index in [9.17, 15) is 4.79 Å². The Labute approximate surface area is 160 Å². The lowest BCUT2D eigenvalue weighted by atomic mass is 10.2. The summed E-state index contributed by atoms with van der Waals surface area (Å²) in [7, 11) is 1.81. The van der Waals surface area contributed by atoms with Crippen LogP contribution in [0.25, 0.3) is 11.4 Å². The molecule has 1 heterocycles. The van der Waals surface area contributed by atoms with Gasteiger partial charge in [0, 0.05) is 35.6 Å². The largest absolute Gasteiger partial charge is 0.341 e. The Balaban J connectivity index is 1.54. The van der Waals surface area contributed by atoms with E-state index < -0.39 is 0 Å². The number of carbonyl (C=O) groups excluding carboxylic acids is 1. The molecule has 0 saturated carbocycles. The molecule has 0 atom stereocenters. The van der Waals surface area contributed by atoms with Crippen LogP contribution in [0.2, 0.25) is 0 Å². The van der Waals surface area contributed by atoms with E-state index in [4.69, 9.17) is 4.52 Å². The van der Waals surface area contributed by atoms with Gasteiger partial charge in [-0.2, -0.15) is 4.98 Å². The number of hydrogen-bond acceptors (Lipinski definition) is 4. The molecule has 0 saturated heterocycles. The van der Waals surface area contributed by atoms with Crippen LogP contribution in [0.15, 0.2) is 59.1 Å². The molecule has 0 spiro atoms. The number of carbonyl (C=O) groups is 1. The van der Waals surface area contributed by atoms with Crippen LogP contribution in [-0.4, -0.2) is 28.0 Å². The summed E-state index contributed by atoms with van der Waals surface area (Å²) in [5, 5.41) is 3.99. The van der Waals surface area contributed by atoms with Crippen LogP contribution >= 0.6 is 22.6 Å². The van der Waals surface area contributed by atoms with Gasteiger partial charge in [0.15, 0.2) is 0 Å². The standard InChI is InChI=1S/C19H18IN3O2/c1-23(13-14-5-3-2-4-6-14)18(24)12-11-17-21-19(22-25-17)15-7-9-16(20)10-8-15/h2-10H,11-13H2,1H3. The van der Waals surface area contributed by atoms with Crippen molar-refractivity contribution in [1.29, 1.82) is 0 Å². The molecule has 25 heavy (non-hydrogen) atoms. The van der Waals surface area contributed by atoms with Crippen LogP contribution in [0.3, 0.4) is 0 Å². The second-order valence-electron chi connectivity index (χ2n) is 5.75. The maximum absolute atomic E-state index is 12.3. The monoisotopic (exact) mass is 447 g/mol. The van der Waals surface area contributed by atoms with Crippen molar-refractivity contribution in [2.24, 2.45) is 0 Å². The lowest BCUT2D eigenvalue weighted by Crippen LogP contribution is -2.26. The van der Waals surface area contributed by atoms with Crippen molar-refractivity contribution >= 4 is 28.5 Å². The van der Waals surface area contributed by atoms with Crippen LogP contribution in [0, 0.1) is 3.57 Å². The molecule has 0 aliphatic rings. The number of hydrogen-bond donors (Lipinski definition) is 0. The molecule has 0 fully saturated rings. The van der Waals surface area contributed by atoms with Gasteiger partial charge in [-0.3, -0.25) is 4.79 Å². The SMILES string of the molecule is CN(Cc1ccccc1)C(=O)CCc1nc(-c2ccc(I)cc2)no1. The quantitative estimate of drug-likeness (QED) is 0.538. The van der Waals surface area contributed by atoms with E-state index >= 15 is 0 Å². The van der Waals surface area contributed by atoms with E-state index in [2.05, 4.69) is 32.7 Å². The van der Waals surface area contributed by atoms with E-state index in [0.717, 1.165) is 14.7 Å². The van der Waals surface area contributed by atoms with Crippen molar-refractivity contribution < 1.29 is 9.32 Å². The van der Waals surface area contributed by atoms with Gasteiger partial charge in [0.2, 0.25) is 17.6 Å². The van der Waals surface area contributed by atoms with Crippen LogP contribution in [-0.2, 0) is 17.8 Å². The Morgan fingerprint density at radius 1 is 1.12 bits per heavy atom. The Hall–Kier alpha value is -2.22. The minimum atomic E-state index is 0.0536. The average molecular weight is 447 g/mol. The summed E-state index contributed by atoms with van der Waals surface area (Å²) >= 11 is 2.25. The molecule has 1 aromatic heterocycles. The molecule has 2 aromatic carbocycles. The Morgan fingerprint density at radius 2 is 1.84 bits per heavy atom. The fraction of sp³-hybridized carbons (Fsp3) is 0.211. The summed E-state index contributed by atoms with van der Waals surface area (Å²) in [6.45, 7) is 0.595. The average Bonchev–Trinajstić information content (AvgIpc) is 3.10. The van der Waals surface area contributed by atoms with E-state index in [1.165, 1.54) is 0 Å². The summed E-state index contributed by atoms with van der Waals surface area (Å²) in [6.07, 6.45) is 0.785. The van der Waals surface area contributed by atoms with Crippen molar-refractivity contribution in [3.05, 3.63) is 69.6 Å². The lowest BCUT2D eigenvalue weighted by molar-refractivity contribution is -0.130. The third kappa shape index (κ3) is 4.88. The molecule has 1 amide bonds. The van der Waals surface area contributed by atoms with Crippen LogP contribution < -0.4 is 0 Å². The van der Waals surface area contributed by atoms with Crippen LogP contribution in [0.4, 0.5) is 0 Å². The van der Waals surface area contributed by atoms with Crippen LogP contribution in [0.5, 0.6) is 0 Å². The van der Waals surface area contributed by atoms with Gasteiger partial charge in [-0.25, -0.2) is 0 Å². The predicted molar refractivity (Wildman–Crippen MR) is 104 cm³/mol. The molecule has 3 aromatic rings. The number of rotatable bonds is 6. The predicted octanol–water partition coefficient (Wildman–Crippen LogP) is 3.93. The number of aryl methyl sites for hydroxylation is 1. The Kier molecular flexibility index (Phi) is 5.80. The Morgan fingerprint density at radius 3 is 2.56 bits per heavy atom. The van der Waals surface area contributed by atoms with Gasteiger partial charge in [-0.1, -0.05) is 47.6 Å². The second-order valence-corrected chi connectivity index (χ2v) is 7.00. The lowest BCUT2D eigenvalue weighted by Gasteiger charge is -2.16. The van der Waals surface area contributed by atoms with E-state index in [1.54, 1.807) is 11.9 Å². The van der Waals surface area contributed by atoms with Gasteiger partial charge < -0.3 is 9.42 Å². The molecule has 0 aliphatic carbocycles. The van der Waals surface area contributed by atoms with Gasteiger partial charge in [-0.15, -0.1) is 0 Å². The zero-order valence-electron chi connectivity index (χ0n) is 13.9. The number of amides is 1. The van der Waals surface area contributed by atoms with Gasteiger partial charge in [0.05, 0.1) is 0 Å². The first-order valence-electron chi connectivity index (χ1n) is 7.98. The van der Waals surface area contributed by atoms with Gasteiger partial charge in [-0.05, 0) is 40.3 Å². The highest BCUT2D eigenvalue weighted by molar-refractivity contribution is 14.1. The number of nitrogens with zero attached hydrogens (tertiary/aromatic N) is 3. The fourth-order valence-corrected chi connectivity index (χ4v) is 2.78. The minimum Gasteiger partial charge on any atom is -0.341 e. The van der Waals surface area contributed by atoms with E-state index in [1.807, 2.05) is 54.6 Å². The zero-order valence-corrected chi connectivity index (χ0v) is 16.0. The van der Waals surface area contributed by atoms with Crippen molar-refractivity contribution in [2.75, 3.05) is 7.05 Å². The van der Waals surface area contributed by atoms with Crippen molar-refractivity contribution in [2.45, 2.75) is 19.4 Å². The Bertz CT molecular complexity index is 831. The third-order valence-electron chi connectivity index (χ3n) is 3.81. The third-order valence-corrected chi connectivity index (χ3v) is 4.53. The molecule has 6 heteroatoms. The van der Waals surface area contributed by atoms with E-state index in [0.29, 0.717) is 31.1 Å². The molecular formula is C19H18IN3O2. The summed E-state index contributed by atoms with van der Waals surface area (Å²) < 4.78 is 6.41. The second kappa shape index (κ2) is 8.24. The first-order chi connectivity index (χ1) is 12.1. The zero-order chi connectivity index (χ0) is 17.6. The topological polar surface area (TPSA) is 59.2 Å². The highest BCUT2D eigenvalue weighted by atomic mass is 127. The highest BCUT2D eigenvalue weighted by Crippen LogP contribution is 2.18. The molecular weight excluding hydrogens is 429 g/mol. The van der Waals surface area contributed by atoms with Crippen molar-refractivity contribution in [3.63, 3.8) is 0 Å². The van der Waals surface area contributed by atoms with Crippen LogP contribution in [0.1, 0.15) is 17.9 Å². The minimum absolute atomic E-state index is 0.0536. The molecule has 0 radical (unpaired) electrons. The smallest absolute Gasteiger partial charge is 0.227 e. The molecule has 0 unspecified atom stereocenters. The molecule has 0 bridgehead atoms. The normalized spacial score (nSPS) is 10.6. The maximum atomic E-state index is 12.3. The van der Waals surface area contributed by atoms with E-state index in [-0.39, 0.29) is 5.91 Å². The van der Waals surface area contributed by atoms with Crippen molar-refractivity contribution in [1.82, 2.24) is 15.0 Å². The van der Waals surface area contributed by atoms with Gasteiger partial charge >= 0.3 is 0 Å². The summed E-state index contributed by atoms with van der Waals surface area (Å²) in [5.74, 6) is 1.09. The molecule has 3 rings (SSSR count). The first-order valence-corrected chi connectivity index (χ1v) is 9.06. The summed E-state index contributed by atoms with van der Waals surface area (Å²) in [5.41, 5.74) is 2.01. The van der Waals surface area contributed by atoms with Gasteiger partial charge in [0.25, 0.3) is 0 Å². The molecule has 128 valence electrons. The highest BCUT2D eigenvalue weighted by Gasteiger charge is 2.13. The number of benzene rings is 2. The summed E-state index contributed by atoms with van der Waals surface area (Å²) in [6, 6.07) is 17.8. The van der Waals surface area contributed by atoms with Gasteiger partial charge in [0.1, 0.15) is 0 Å². The first kappa shape index (κ1) is 17.6. The molecule has 5 nitrogen and oxygen atoms in total. The number of halogens is 1. The fourth-order valence-electron chi connectivity index (χ4n) is 2.42. The maximum Gasteiger partial charge on any atom is 0.227 e. The molecule has 0 aliphatic heterocycles. The summed E-state index contributed by atoms with van der Waals surface area (Å²) in [4.78, 5) is 18.4. The molecule has 0 N–H and O–H groups in total. The number of aromatic nitrogens is 2.